The summed E-state index contributed by atoms with van der Waals surface area (Å²) >= 11 is 0. The number of amides is 2. The average molecular weight is 462 g/mol. The number of sulfonamides is 1. The van der Waals surface area contributed by atoms with E-state index in [0.717, 1.165) is 18.2 Å². The third-order valence-electron chi connectivity index (χ3n) is 4.68. The van der Waals surface area contributed by atoms with Crippen LogP contribution in [0.15, 0.2) is 47.5 Å². The molecule has 1 atom stereocenters. The third kappa shape index (κ3) is 7.45. The molecule has 0 spiro atoms. The molecule has 0 aliphatic rings. The van der Waals surface area contributed by atoms with Crippen molar-refractivity contribution in [2.75, 3.05) is 13.2 Å². The van der Waals surface area contributed by atoms with Gasteiger partial charge in [0.05, 0.1) is 17.1 Å². The maximum Gasteiger partial charge on any atom is 0.356 e. The lowest BCUT2D eigenvalue weighted by molar-refractivity contribution is -0.118. The summed E-state index contributed by atoms with van der Waals surface area (Å²) in [5.74, 6) is -1.40. The van der Waals surface area contributed by atoms with E-state index in [9.17, 15) is 22.8 Å². The number of nitrogens with zero attached hydrogens (tertiary/aromatic N) is 1. The summed E-state index contributed by atoms with van der Waals surface area (Å²) in [5.41, 5.74) is 0.852. The fourth-order valence-corrected chi connectivity index (χ4v) is 3.49. The lowest BCUT2D eigenvalue weighted by Crippen LogP contribution is -2.30. The Hall–Kier alpha value is -3.27. The fourth-order valence-electron chi connectivity index (χ4n) is 2.52. The molecule has 2 N–H and O–H groups in total. The van der Waals surface area contributed by atoms with Crippen LogP contribution in [0.1, 0.15) is 53.6 Å². The Bertz CT molecular complexity index is 1050. The van der Waals surface area contributed by atoms with Crippen LogP contribution in [0.2, 0.25) is 0 Å². The molecule has 1 aromatic heterocycles. The summed E-state index contributed by atoms with van der Waals surface area (Å²) in [4.78, 5) is 39.1. The zero-order valence-electron chi connectivity index (χ0n) is 18.3. The number of carbonyl (C=O) groups excluding carboxylic acids is 3. The second-order valence-electron chi connectivity index (χ2n) is 7.36. The number of rotatable bonds is 10. The first-order valence-electron chi connectivity index (χ1n) is 10.2. The zero-order chi connectivity index (χ0) is 23.7. The highest BCUT2D eigenvalue weighted by Crippen LogP contribution is 2.12. The van der Waals surface area contributed by atoms with E-state index in [2.05, 4.69) is 10.3 Å². The maximum atomic E-state index is 12.5. The molecule has 1 unspecified atom stereocenters. The molecule has 0 aliphatic carbocycles. The van der Waals surface area contributed by atoms with Crippen molar-refractivity contribution in [2.24, 2.45) is 5.92 Å². The minimum Gasteiger partial charge on any atom is -0.461 e. The minimum absolute atomic E-state index is 0.0148. The monoisotopic (exact) mass is 461 g/mol. The lowest BCUT2D eigenvalue weighted by atomic mass is 10.1. The number of hydrogen-bond acceptors (Lipinski definition) is 7. The standard InChI is InChI=1S/C22H27N3O6S/c1-4-15(2)14-31-22(28)20-10-7-18(13-24-20)21(27)25-32(29,30)19-8-5-17(6-9-19)11-12-23-16(3)26/h5-10,13,15H,4,11-12,14H2,1-3H3,(H,23,26)(H,25,27). The number of benzene rings is 1. The number of ether oxygens (including phenoxy) is 1. The van der Waals surface area contributed by atoms with Gasteiger partial charge in [0.25, 0.3) is 15.9 Å². The van der Waals surface area contributed by atoms with Crippen molar-refractivity contribution < 1.29 is 27.5 Å². The van der Waals surface area contributed by atoms with Gasteiger partial charge in [0.2, 0.25) is 5.91 Å². The van der Waals surface area contributed by atoms with Gasteiger partial charge in [-0.3, -0.25) is 9.59 Å². The Balaban J connectivity index is 1.98. The van der Waals surface area contributed by atoms with E-state index in [1.165, 1.54) is 31.2 Å². The van der Waals surface area contributed by atoms with Crippen LogP contribution in [0, 0.1) is 5.92 Å². The predicted molar refractivity (Wildman–Crippen MR) is 117 cm³/mol. The minimum atomic E-state index is -4.09. The van der Waals surface area contributed by atoms with Gasteiger partial charge in [0, 0.05) is 19.7 Å². The van der Waals surface area contributed by atoms with E-state index in [1.54, 1.807) is 12.1 Å². The average Bonchev–Trinajstić information content (AvgIpc) is 2.77. The summed E-state index contributed by atoms with van der Waals surface area (Å²) in [6.45, 7) is 6.06. The van der Waals surface area contributed by atoms with Gasteiger partial charge in [-0.1, -0.05) is 32.4 Å². The molecule has 2 rings (SSSR count). The Labute approximate surface area is 187 Å². The summed E-state index contributed by atoms with van der Waals surface area (Å²) < 4.78 is 32.1. The summed E-state index contributed by atoms with van der Waals surface area (Å²) in [5, 5.41) is 2.66. The molecule has 9 nitrogen and oxygen atoms in total. The summed E-state index contributed by atoms with van der Waals surface area (Å²) in [6, 6.07) is 8.61. The molecule has 0 saturated carbocycles. The van der Waals surface area contributed by atoms with Gasteiger partial charge in [0.1, 0.15) is 5.69 Å². The molecule has 2 amide bonds. The fraction of sp³-hybridized carbons (Fsp3) is 0.364. The van der Waals surface area contributed by atoms with Crippen LogP contribution >= 0.6 is 0 Å². The van der Waals surface area contributed by atoms with E-state index < -0.39 is 21.9 Å². The van der Waals surface area contributed by atoms with E-state index in [-0.39, 0.29) is 34.6 Å². The third-order valence-corrected chi connectivity index (χ3v) is 6.03. The molecule has 0 radical (unpaired) electrons. The first-order chi connectivity index (χ1) is 15.1. The molecule has 0 aliphatic heterocycles. The molecule has 10 heteroatoms. The van der Waals surface area contributed by atoms with Crippen LogP contribution in [-0.2, 0) is 26.0 Å². The molecule has 2 aromatic rings. The lowest BCUT2D eigenvalue weighted by Gasteiger charge is -2.10. The summed E-state index contributed by atoms with van der Waals surface area (Å²) in [7, 11) is -4.09. The quantitative estimate of drug-likeness (QED) is 0.518. The van der Waals surface area contributed by atoms with E-state index in [0.29, 0.717) is 13.0 Å². The highest BCUT2D eigenvalue weighted by atomic mass is 32.2. The number of nitrogens with one attached hydrogen (secondary N) is 2. The first-order valence-corrected chi connectivity index (χ1v) is 11.6. The molecule has 0 bridgehead atoms. The highest BCUT2D eigenvalue weighted by molar-refractivity contribution is 7.90. The maximum absolute atomic E-state index is 12.5. The van der Waals surface area contributed by atoms with Crippen LogP contribution in [0.25, 0.3) is 0 Å². The van der Waals surface area contributed by atoms with E-state index in [1.807, 2.05) is 18.6 Å². The molecule has 1 heterocycles. The molecule has 0 fully saturated rings. The Kier molecular flexibility index (Phi) is 8.89. The highest BCUT2D eigenvalue weighted by Gasteiger charge is 2.20. The summed E-state index contributed by atoms with van der Waals surface area (Å²) in [6.07, 6.45) is 2.54. The number of hydrogen-bond donors (Lipinski definition) is 2. The number of aromatic nitrogens is 1. The van der Waals surface area contributed by atoms with Gasteiger partial charge in [-0.25, -0.2) is 22.9 Å². The second kappa shape index (κ2) is 11.4. The van der Waals surface area contributed by atoms with E-state index in [4.69, 9.17) is 4.74 Å². The molecular formula is C22H27N3O6S. The van der Waals surface area contributed by atoms with Gasteiger partial charge in [-0.05, 0) is 42.2 Å². The molecule has 172 valence electrons. The van der Waals surface area contributed by atoms with Crippen molar-refractivity contribution in [1.29, 1.82) is 0 Å². The van der Waals surface area contributed by atoms with Gasteiger partial charge >= 0.3 is 5.97 Å². The van der Waals surface area contributed by atoms with Crippen molar-refractivity contribution >= 4 is 27.8 Å². The van der Waals surface area contributed by atoms with Crippen LogP contribution in [0.4, 0.5) is 0 Å². The molecular weight excluding hydrogens is 434 g/mol. The molecule has 32 heavy (non-hydrogen) atoms. The SMILES string of the molecule is CCC(C)COC(=O)c1ccc(C(=O)NS(=O)(=O)c2ccc(CCNC(C)=O)cc2)cn1. The second-order valence-corrected chi connectivity index (χ2v) is 9.04. The van der Waals surface area contributed by atoms with Crippen molar-refractivity contribution in [3.8, 4) is 0 Å². The van der Waals surface area contributed by atoms with Crippen molar-refractivity contribution in [1.82, 2.24) is 15.0 Å². The largest absolute Gasteiger partial charge is 0.461 e. The van der Waals surface area contributed by atoms with Gasteiger partial charge in [-0.15, -0.1) is 0 Å². The van der Waals surface area contributed by atoms with Crippen LogP contribution in [0.3, 0.4) is 0 Å². The van der Waals surface area contributed by atoms with Crippen LogP contribution < -0.4 is 10.0 Å². The first kappa shape index (κ1) is 25.0. The normalized spacial score (nSPS) is 12.0. The topological polar surface area (TPSA) is 132 Å². The van der Waals surface area contributed by atoms with Gasteiger partial charge < -0.3 is 10.1 Å². The van der Waals surface area contributed by atoms with Crippen molar-refractivity contribution in [2.45, 2.75) is 38.5 Å². The number of carbonyl (C=O) groups is 3. The predicted octanol–water partition coefficient (Wildman–Crippen LogP) is 2.08. The smallest absolute Gasteiger partial charge is 0.356 e. The van der Waals surface area contributed by atoms with Crippen LogP contribution in [0.5, 0.6) is 0 Å². The molecule has 0 saturated heterocycles. The number of pyridine rings is 1. The van der Waals surface area contributed by atoms with Gasteiger partial charge in [0.15, 0.2) is 0 Å². The zero-order valence-corrected chi connectivity index (χ0v) is 19.1. The Morgan fingerprint density at radius 3 is 2.34 bits per heavy atom. The van der Waals surface area contributed by atoms with Gasteiger partial charge in [-0.2, -0.15) is 0 Å². The Morgan fingerprint density at radius 2 is 1.78 bits per heavy atom. The number of esters is 1. The van der Waals surface area contributed by atoms with Crippen LogP contribution in [-0.4, -0.2) is 44.3 Å². The van der Waals surface area contributed by atoms with Crippen molar-refractivity contribution in [3.63, 3.8) is 0 Å². The Morgan fingerprint density at radius 1 is 1.09 bits per heavy atom. The van der Waals surface area contributed by atoms with Crippen molar-refractivity contribution in [3.05, 3.63) is 59.4 Å². The molecule has 1 aromatic carbocycles. The van der Waals surface area contributed by atoms with E-state index >= 15 is 0 Å².